The van der Waals surface area contributed by atoms with E-state index in [1.54, 1.807) is 0 Å². The molecule has 1 atom stereocenters. The molecule has 3 rings (SSSR count). The van der Waals surface area contributed by atoms with Crippen LogP contribution >= 0.6 is 0 Å². The molecule has 0 spiro atoms. The molecule has 2 N–H and O–H groups in total. The summed E-state index contributed by atoms with van der Waals surface area (Å²) < 4.78 is 5.78. The molecule has 0 radical (unpaired) electrons. The normalized spacial score (nSPS) is 15.4. The Balaban J connectivity index is 1.64. The number of nitrogens with one attached hydrogen (secondary N) is 1. The van der Waals surface area contributed by atoms with Crippen molar-refractivity contribution in [3.05, 3.63) is 64.2 Å². The number of aliphatic hydroxyl groups is 1. The predicted molar refractivity (Wildman–Crippen MR) is 106 cm³/mol. The molecule has 1 amide bonds. The smallest absolute Gasteiger partial charge is 0.234 e. The Hall–Kier alpha value is -2.37. The third-order valence-corrected chi connectivity index (χ3v) is 5.01. The molecule has 1 aliphatic rings. The van der Waals surface area contributed by atoms with E-state index in [2.05, 4.69) is 42.3 Å². The zero-order chi connectivity index (χ0) is 19.4. The van der Waals surface area contributed by atoms with Crippen LogP contribution in [0, 0.1) is 13.8 Å². The average Bonchev–Trinajstić information content (AvgIpc) is 2.84. The highest BCUT2D eigenvalue weighted by atomic mass is 16.5. The molecule has 0 saturated heterocycles. The van der Waals surface area contributed by atoms with Gasteiger partial charge in [-0.1, -0.05) is 29.8 Å². The molecule has 1 heterocycles. The number of carbonyl (C=O) groups excluding carboxylic acids is 1. The van der Waals surface area contributed by atoms with Gasteiger partial charge in [0.15, 0.2) is 0 Å². The fourth-order valence-corrected chi connectivity index (χ4v) is 3.53. The lowest BCUT2D eigenvalue weighted by Crippen LogP contribution is -2.39. The number of hydrogen-bond acceptors (Lipinski definition) is 4. The van der Waals surface area contributed by atoms with Gasteiger partial charge in [-0.25, -0.2) is 0 Å². The second-order valence-corrected chi connectivity index (χ2v) is 7.31. The van der Waals surface area contributed by atoms with Gasteiger partial charge >= 0.3 is 0 Å². The Kier molecular flexibility index (Phi) is 6.14. The van der Waals surface area contributed by atoms with Gasteiger partial charge in [0.25, 0.3) is 0 Å². The maximum absolute atomic E-state index is 12.6. The topological polar surface area (TPSA) is 61.8 Å². The van der Waals surface area contributed by atoms with Gasteiger partial charge in [-0.2, -0.15) is 0 Å². The van der Waals surface area contributed by atoms with Crippen LogP contribution in [0.4, 0.5) is 0 Å². The molecule has 144 valence electrons. The molecule has 0 fully saturated rings. The van der Waals surface area contributed by atoms with Crippen LogP contribution < -0.4 is 10.1 Å². The predicted octanol–water partition coefficient (Wildman–Crippen LogP) is 2.87. The zero-order valence-electron chi connectivity index (χ0n) is 16.3. The van der Waals surface area contributed by atoms with Gasteiger partial charge in [0.1, 0.15) is 12.4 Å². The van der Waals surface area contributed by atoms with Crippen LogP contribution in [0.3, 0.4) is 0 Å². The van der Waals surface area contributed by atoms with Crippen molar-refractivity contribution >= 4 is 5.91 Å². The van der Waals surface area contributed by atoms with Gasteiger partial charge in [-0.15, -0.1) is 0 Å². The summed E-state index contributed by atoms with van der Waals surface area (Å²) in [6, 6.07) is 12.0. The summed E-state index contributed by atoms with van der Waals surface area (Å²) in [5.41, 5.74) is 5.39. The lowest BCUT2D eigenvalue weighted by atomic mass is 10.00. The number of aryl methyl sites for hydroxylation is 2. The van der Waals surface area contributed by atoms with Crippen LogP contribution in [0.25, 0.3) is 0 Å². The summed E-state index contributed by atoms with van der Waals surface area (Å²) in [4.78, 5) is 14.7. The molecule has 0 bridgehead atoms. The Labute approximate surface area is 161 Å². The Morgan fingerprint density at radius 3 is 2.85 bits per heavy atom. The molecule has 0 unspecified atom stereocenters. The number of carbonyl (C=O) groups is 1. The van der Waals surface area contributed by atoms with E-state index in [0.717, 1.165) is 22.4 Å². The largest absolute Gasteiger partial charge is 0.492 e. The third-order valence-electron chi connectivity index (χ3n) is 5.01. The van der Waals surface area contributed by atoms with Crippen molar-refractivity contribution in [1.29, 1.82) is 0 Å². The van der Waals surface area contributed by atoms with E-state index in [1.807, 2.05) is 25.1 Å². The number of hydrogen-bond donors (Lipinski definition) is 2. The highest BCUT2D eigenvalue weighted by molar-refractivity contribution is 5.78. The van der Waals surface area contributed by atoms with Gasteiger partial charge in [-0.05, 0) is 49.6 Å². The minimum Gasteiger partial charge on any atom is -0.492 e. The van der Waals surface area contributed by atoms with E-state index in [1.165, 1.54) is 11.1 Å². The van der Waals surface area contributed by atoms with E-state index in [4.69, 9.17) is 4.74 Å². The lowest BCUT2D eigenvalue weighted by molar-refractivity contribution is -0.123. The molecule has 0 aromatic heterocycles. The summed E-state index contributed by atoms with van der Waals surface area (Å²) >= 11 is 0. The van der Waals surface area contributed by atoms with Gasteiger partial charge in [0.2, 0.25) is 5.91 Å². The third kappa shape index (κ3) is 4.87. The monoisotopic (exact) mass is 368 g/mol. The van der Waals surface area contributed by atoms with Crippen LogP contribution in [0.5, 0.6) is 5.75 Å². The molecule has 2 aromatic carbocycles. The fourth-order valence-electron chi connectivity index (χ4n) is 3.53. The minimum atomic E-state index is -0.0334. The molecule has 0 saturated carbocycles. The Morgan fingerprint density at radius 1 is 1.26 bits per heavy atom. The van der Waals surface area contributed by atoms with Crippen LogP contribution in [-0.4, -0.2) is 35.6 Å². The number of fused-ring (bicyclic) bond motifs is 1. The number of nitrogens with zero attached hydrogens (tertiary/aromatic N) is 1. The van der Waals surface area contributed by atoms with Crippen LogP contribution in [0.15, 0.2) is 36.4 Å². The number of amides is 1. The van der Waals surface area contributed by atoms with E-state index in [0.29, 0.717) is 26.2 Å². The fraction of sp³-hybridized carbons (Fsp3) is 0.409. The van der Waals surface area contributed by atoms with Crippen molar-refractivity contribution in [2.75, 3.05) is 19.7 Å². The quantitative estimate of drug-likeness (QED) is 0.852. The number of benzene rings is 2. The average molecular weight is 368 g/mol. The van der Waals surface area contributed by atoms with Crippen molar-refractivity contribution in [1.82, 2.24) is 10.2 Å². The first-order valence-corrected chi connectivity index (χ1v) is 9.40. The first-order valence-electron chi connectivity index (χ1n) is 9.40. The summed E-state index contributed by atoms with van der Waals surface area (Å²) in [6.45, 7) is 8.34. The van der Waals surface area contributed by atoms with E-state index in [9.17, 15) is 9.90 Å². The van der Waals surface area contributed by atoms with E-state index >= 15 is 0 Å². The number of ether oxygens (including phenoxy) is 1. The molecule has 1 aliphatic heterocycles. The Morgan fingerprint density at radius 2 is 2.07 bits per heavy atom. The Bertz CT molecular complexity index is 819. The van der Waals surface area contributed by atoms with Gasteiger partial charge in [0, 0.05) is 18.7 Å². The van der Waals surface area contributed by atoms with E-state index < -0.39 is 0 Å². The molecular formula is C22H28N2O3. The first kappa shape index (κ1) is 19.4. The lowest BCUT2D eigenvalue weighted by Gasteiger charge is -2.22. The highest BCUT2D eigenvalue weighted by Gasteiger charge is 2.19. The zero-order valence-corrected chi connectivity index (χ0v) is 16.3. The molecule has 5 nitrogen and oxygen atoms in total. The SMILES string of the molecule is Cc1ccc(C)c([C@H](C)NC(=O)CN2CCOc3ccc(CO)cc3C2)c1. The second-order valence-electron chi connectivity index (χ2n) is 7.31. The van der Waals surface area contributed by atoms with Crippen molar-refractivity contribution in [3.63, 3.8) is 0 Å². The van der Waals surface area contributed by atoms with Crippen molar-refractivity contribution in [3.8, 4) is 5.75 Å². The van der Waals surface area contributed by atoms with Crippen molar-refractivity contribution in [2.24, 2.45) is 0 Å². The van der Waals surface area contributed by atoms with E-state index in [-0.39, 0.29) is 18.6 Å². The molecule has 27 heavy (non-hydrogen) atoms. The molecule has 2 aromatic rings. The van der Waals surface area contributed by atoms with Crippen molar-refractivity contribution < 1.29 is 14.6 Å². The molecule has 0 aliphatic carbocycles. The van der Waals surface area contributed by atoms with Gasteiger partial charge in [0.05, 0.1) is 19.2 Å². The summed E-state index contributed by atoms with van der Waals surface area (Å²) in [7, 11) is 0. The van der Waals surface area contributed by atoms with Crippen molar-refractivity contribution in [2.45, 2.75) is 40.0 Å². The molecular weight excluding hydrogens is 340 g/mol. The maximum atomic E-state index is 12.6. The summed E-state index contributed by atoms with van der Waals surface area (Å²) in [5, 5.41) is 12.5. The standard InChI is InChI=1S/C22H28N2O3/c1-15-4-5-16(2)20(10-15)17(3)23-22(26)13-24-8-9-27-21-7-6-18(14-25)11-19(21)12-24/h4-7,10-11,17,25H,8-9,12-14H2,1-3H3,(H,23,26)/t17-/m0/s1. The molecule has 5 heteroatoms. The van der Waals surface area contributed by atoms with Gasteiger partial charge in [-0.3, -0.25) is 9.69 Å². The van der Waals surface area contributed by atoms with Crippen LogP contribution in [0.1, 0.15) is 40.8 Å². The first-order chi connectivity index (χ1) is 13.0. The number of aliphatic hydroxyl groups excluding tert-OH is 1. The number of rotatable bonds is 5. The summed E-state index contributed by atoms with van der Waals surface area (Å²) in [6.07, 6.45) is 0. The van der Waals surface area contributed by atoms with Crippen LogP contribution in [-0.2, 0) is 17.9 Å². The second kappa shape index (κ2) is 8.55. The van der Waals surface area contributed by atoms with Crippen LogP contribution in [0.2, 0.25) is 0 Å². The maximum Gasteiger partial charge on any atom is 0.234 e. The van der Waals surface area contributed by atoms with Gasteiger partial charge < -0.3 is 15.2 Å². The minimum absolute atomic E-state index is 0.00112. The summed E-state index contributed by atoms with van der Waals surface area (Å²) in [5.74, 6) is 0.837. The highest BCUT2D eigenvalue weighted by Crippen LogP contribution is 2.24.